The van der Waals surface area contributed by atoms with Gasteiger partial charge in [0, 0.05) is 13.4 Å². The summed E-state index contributed by atoms with van der Waals surface area (Å²) in [6.45, 7) is 6.39. The molecule has 104 valence electrons. The number of benzene rings is 2. The Balaban J connectivity index is 2.22. The van der Waals surface area contributed by atoms with E-state index >= 15 is 0 Å². The Morgan fingerprint density at radius 1 is 1.05 bits per heavy atom. The van der Waals surface area contributed by atoms with Crippen molar-refractivity contribution in [1.82, 2.24) is 0 Å². The number of hydrogen-bond donors (Lipinski definition) is 0. The van der Waals surface area contributed by atoms with E-state index < -0.39 is 0 Å². The predicted octanol–water partition coefficient (Wildman–Crippen LogP) is 5.69. The maximum Gasteiger partial charge on any atom is 0.0731 e. The third-order valence-electron chi connectivity index (χ3n) is 3.28. The van der Waals surface area contributed by atoms with Gasteiger partial charge in [0.2, 0.25) is 0 Å². The fraction of sp³-hybridized carbons (Fsp3) is 0.235. The van der Waals surface area contributed by atoms with Gasteiger partial charge in [0.1, 0.15) is 0 Å². The normalized spacial score (nSPS) is 12.8. The average molecular weight is 489 g/mol. The van der Waals surface area contributed by atoms with Crippen LogP contribution < -0.4 is 0 Å². The molecule has 0 radical (unpaired) electrons. The van der Waals surface area contributed by atoms with E-state index in [0.717, 1.165) is 0 Å². The van der Waals surface area contributed by atoms with Crippen molar-refractivity contribution in [2.24, 2.45) is 4.99 Å². The van der Waals surface area contributed by atoms with Crippen molar-refractivity contribution in [3.63, 3.8) is 0 Å². The summed E-state index contributed by atoms with van der Waals surface area (Å²) in [5.41, 5.74) is 5.05. The van der Waals surface area contributed by atoms with Crippen molar-refractivity contribution in [3.8, 4) is 0 Å². The molecule has 2 aromatic rings. The summed E-state index contributed by atoms with van der Waals surface area (Å²) in [7, 11) is 0. The molecule has 0 bridgehead atoms. The third kappa shape index (κ3) is 4.04. The van der Waals surface area contributed by atoms with Gasteiger partial charge in [-0.15, -0.1) is 0 Å². The molecule has 0 aliphatic rings. The summed E-state index contributed by atoms with van der Waals surface area (Å²) in [6, 6.07) is 13.2. The van der Waals surface area contributed by atoms with Crippen molar-refractivity contribution < 1.29 is 0 Å². The van der Waals surface area contributed by atoms with E-state index in [1.165, 1.54) is 29.4 Å². The summed E-state index contributed by atoms with van der Waals surface area (Å²) in [5.74, 6) is 0. The number of halogens is 2. The second kappa shape index (κ2) is 7.02. The van der Waals surface area contributed by atoms with Crippen LogP contribution in [0.3, 0.4) is 0 Å². The Morgan fingerprint density at radius 3 is 2.45 bits per heavy atom. The summed E-state index contributed by atoms with van der Waals surface area (Å²) in [5, 5.41) is 0. The van der Waals surface area contributed by atoms with E-state index in [2.05, 4.69) is 102 Å². The lowest BCUT2D eigenvalue weighted by molar-refractivity contribution is 0.819. The van der Waals surface area contributed by atoms with E-state index in [1.54, 1.807) is 0 Å². The van der Waals surface area contributed by atoms with Gasteiger partial charge in [-0.2, -0.15) is 0 Å². The van der Waals surface area contributed by atoms with Crippen LogP contribution in [-0.2, 0) is 0 Å². The zero-order chi connectivity index (χ0) is 14.7. The molecular formula is C17H17I2N. The van der Waals surface area contributed by atoms with Crippen LogP contribution >= 0.6 is 45.2 Å². The summed E-state index contributed by atoms with van der Waals surface area (Å²) >= 11 is 4.73. The lowest BCUT2D eigenvalue weighted by atomic mass is 10.1. The molecule has 1 unspecified atom stereocenters. The maximum atomic E-state index is 4.71. The smallest absolute Gasteiger partial charge is 0.0731 e. The second-order valence-electron chi connectivity index (χ2n) is 4.98. The predicted molar refractivity (Wildman–Crippen MR) is 104 cm³/mol. The Hall–Kier alpha value is -0.430. The minimum absolute atomic E-state index is 0.180. The SMILES string of the molecule is Cc1ccc(C=NC(C)c2ccc(I)cc2I)c(C)c1. The number of rotatable bonds is 3. The van der Waals surface area contributed by atoms with Crippen LogP contribution in [0.15, 0.2) is 41.4 Å². The van der Waals surface area contributed by atoms with Gasteiger partial charge in [-0.3, -0.25) is 4.99 Å². The lowest BCUT2D eigenvalue weighted by Crippen LogP contribution is -1.96. The van der Waals surface area contributed by atoms with Crippen LogP contribution in [0.25, 0.3) is 0 Å². The highest BCUT2D eigenvalue weighted by Gasteiger charge is 2.07. The quantitative estimate of drug-likeness (QED) is 0.388. The average Bonchev–Trinajstić information content (AvgIpc) is 2.37. The lowest BCUT2D eigenvalue weighted by Gasteiger charge is -2.10. The minimum atomic E-state index is 0.180. The van der Waals surface area contributed by atoms with Gasteiger partial charge in [-0.25, -0.2) is 0 Å². The first-order valence-corrected chi connectivity index (χ1v) is 8.68. The standard InChI is InChI=1S/C17H17I2N/c1-11-4-5-14(12(2)8-11)10-20-13(3)16-7-6-15(18)9-17(16)19/h4-10,13H,1-3H3. The van der Waals surface area contributed by atoms with Gasteiger partial charge in [-0.1, -0.05) is 29.8 Å². The second-order valence-corrected chi connectivity index (χ2v) is 7.39. The van der Waals surface area contributed by atoms with Crippen molar-refractivity contribution in [2.75, 3.05) is 0 Å². The Bertz CT molecular complexity index is 647. The molecule has 0 aliphatic heterocycles. The van der Waals surface area contributed by atoms with Crippen LogP contribution in [0.5, 0.6) is 0 Å². The molecule has 2 rings (SSSR count). The number of aliphatic imine (C=N–C) groups is 1. The van der Waals surface area contributed by atoms with Crippen LogP contribution in [0.2, 0.25) is 0 Å². The molecular weight excluding hydrogens is 472 g/mol. The van der Waals surface area contributed by atoms with E-state index in [4.69, 9.17) is 4.99 Å². The van der Waals surface area contributed by atoms with Crippen molar-refractivity contribution in [2.45, 2.75) is 26.8 Å². The zero-order valence-electron chi connectivity index (χ0n) is 11.8. The minimum Gasteiger partial charge on any atom is -0.285 e. The van der Waals surface area contributed by atoms with Gasteiger partial charge in [0.05, 0.1) is 6.04 Å². The molecule has 2 aromatic carbocycles. The monoisotopic (exact) mass is 489 g/mol. The first-order chi connectivity index (χ1) is 9.47. The van der Waals surface area contributed by atoms with Crippen LogP contribution in [-0.4, -0.2) is 6.21 Å². The largest absolute Gasteiger partial charge is 0.285 e. The number of nitrogens with zero attached hydrogens (tertiary/aromatic N) is 1. The maximum absolute atomic E-state index is 4.71. The fourth-order valence-corrected chi connectivity index (χ4v) is 4.14. The van der Waals surface area contributed by atoms with E-state index in [1.807, 2.05) is 6.21 Å². The molecule has 20 heavy (non-hydrogen) atoms. The van der Waals surface area contributed by atoms with Gasteiger partial charge in [0.25, 0.3) is 0 Å². The van der Waals surface area contributed by atoms with Gasteiger partial charge in [0.15, 0.2) is 0 Å². The highest BCUT2D eigenvalue weighted by molar-refractivity contribution is 14.1. The topological polar surface area (TPSA) is 12.4 Å². The molecule has 0 saturated carbocycles. The van der Waals surface area contributed by atoms with Gasteiger partial charge < -0.3 is 0 Å². The number of hydrogen-bond acceptors (Lipinski definition) is 1. The summed E-state index contributed by atoms with van der Waals surface area (Å²) in [6.07, 6.45) is 1.99. The molecule has 0 fully saturated rings. The Morgan fingerprint density at radius 2 is 1.80 bits per heavy atom. The fourth-order valence-electron chi connectivity index (χ4n) is 2.08. The van der Waals surface area contributed by atoms with E-state index in [-0.39, 0.29) is 6.04 Å². The first kappa shape index (κ1) is 15.9. The molecule has 0 aromatic heterocycles. The highest BCUT2D eigenvalue weighted by Crippen LogP contribution is 2.24. The van der Waals surface area contributed by atoms with Crippen LogP contribution in [0.4, 0.5) is 0 Å². The molecule has 0 spiro atoms. The molecule has 0 saturated heterocycles. The van der Waals surface area contributed by atoms with E-state index in [9.17, 15) is 0 Å². The van der Waals surface area contributed by atoms with Crippen LogP contribution in [0, 0.1) is 21.0 Å². The molecule has 0 amide bonds. The molecule has 0 aliphatic carbocycles. The molecule has 1 atom stereocenters. The third-order valence-corrected chi connectivity index (χ3v) is 4.88. The molecule has 0 heterocycles. The van der Waals surface area contributed by atoms with Crippen LogP contribution in [0.1, 0.15) is 35.2 Å². The van der Waals surface area contributed by atoms with E-state index in [0.29, 0.717) is 0 Å². The highest BCUT2D eigenvalue weighted by atomic mass is 127. The molecule has 1 nitrogen and oxygen atoms in total. The molecule has 0 N–H and O–H groups in total. The Kier molecular flexibility index (Phi) is 5.60. The zero-order valence-corrected chi connectivity index (χ0v) is 16.1. The van der Waals surface area contributed by atoms with Crippen molar-refractivity contribution >= 4 is 51.4 Å². The van der Waals surface area contributed by atoms with Gasteiger partial charge >= 0.3 is 0 Å². The molecule has 3 heteroatoms. The first-order valence-electron chi connectivity index (χ1n) is 6.53. The summed E-state index contributed by atoms with van der Waals surface area (Å²) in [4.78, 5) is 4.71. The number of aryl methyl sites for hydroxylation is 2. The van der Waals surface area contributed by atoms with Crippen molar-refractivity contribution in [3.05, 3.63) is 65.8 Å². The summed E-state index contributed by atoms with van der Waals surface area (Å²) < 4.78 is 2.54. The Labute approximate surface area is 148 Å². The van der Waals surface area contributed by atoms with Gasteiger partial charge in [-0.05, 0) is 94.8 Å². The van der Waals surface area contributed by atoms with Crippen molar-refractivity contribution in [1.29, 1.82) is 0 Å².